The number of para-hydroxylation sites is 1. The Labute approximate surface area is 130 Å². The third-order valence-corrected chi connectivity index (χ3v) is 4.48. The van der Waals surface area contributed by atoms with Crippen LogP contribution in [0.2, 0.25) is 0 Å². The molecule has 0 aromatic heterocycles. The molecule has 0 bridgehead atoms. The van der Waals surface area contributed by atoms with Crippen molar-refractivity contribution in [3.8, 4) is 11.5 Å². The molecule has 4 nitrogen and oxygen atoms in total. The van der Waals surface area contributed by atoms with Gasteiger partial charge in [-0.25, -0.2) is 0 Å². The summed E-state index contributed by atoms with van der Waals surface area (Å²) in [5.41, 5.74) is 2.80. The first-order valence-electron chi connectivity index (χ1n) is 6.73. The Morgan fingerprint density at radius 2 is 1.90 bits per heavy atom. The Hall–Kier alpha value is -2.01. The molecule has 2 heterocycles. The van der Waals surface area contributed by atoms with E-state index in [1.54, 1.807) is 12.1 Å². The molecule has 2 aliphatic rings. The molecule has 0 N–H and O–H groups in total. The minimum atomic E-state index is -0.0230. The molecule has 0 spiro atoms. The normalized spacial score (nSPS) is 15.2. The van der Waals surface area contributed by atoms with Gasteiger partial charge < -0.3 is 14.4 Å². The van der Waals surface area contributed by atoms with Crippen molar-refractivity contribution in [1.82, 2.24) is 0 Å². The largest absolute Gasteiger partial charge is 0.454 e. The number of anilines is 1. The van der Waals surface area contributed by atoms with Crippen molar-refractivity contribution in [2.45, 2.75) is 6.42 Å². The van der Waals surface area contributed by atoms with Gasteiger partial charge >= 0.3 is 0 Å². The molecule has 0 saturated carbocycles. The highest BCUT2D eigenvalue weighted by Gasteiger charge is 2.28. The standard InChI is InChI=1S/C16H12BrNO3/c17-12-8-15-14(20-9-21-15)7-11(12)16(19)18-6-5-10-3-1-2-4-13(10)18/h1-4,7-8H,5-6,9H2. The van der Waals surface area contributed by atoms with E-state index in [1.165, 1.54) is 5.56 Å². The molecule has 0 radical (unpaired) electrons. The number of carbonyl (C=O) groups is 1. The predicted molar refractivity (Wildman–Crippen MR) is 82.1 cm³/mol. The first-order valence-corrected chi connectivity index (χ1v) is 7.52. The molecule has 1 amide bonds. The first kappa shape index (κ1) is 12.7. The summed E-state index contributed by atoms with van der Waals surface area (Å²) >= 11 is 3.45. The van der Waals surface area contributed by atoms with E-state index in [9.17, 15) is 4.79 Å². The number of fused-ring (bicyclic) bond motifs is 2. The summed E-state index contributed by atoms with van der Waals surface area (Å²) in [5.74, 6) is 1.26. The number of amides is 1. The van der Waals surface area contributed by atoms with E-state index in [4.69, 9.17) is 9.47 Å². The monoisotopic (exact) mass is 345 g/mol. The van der Waals surface area contributed by atoms with Gasteiger partial charge in [0.05, 0.1) is 5.56 Å². The highest BCUT2D eigenvalue weighted by Crippen LogP contribution is 2.38. The van der Waals surface area contributed by atoms with Crippen molar-refractivity contribution in [1.29, 1.82) is 0 Å². The smallest absolute Gasteiger partial charge is 0.259 e. The van der Waals surface area contributed by atoms with E-state index in [1.807, 2.05) is 23.1 Å². The Kier molecular flexibility index (Phi) is 2.89. The number of halogens is 1. The quantitative estimate of drug-likeness (QED) is 0.795. The zero-order chi connectivity index (χ0) is 14.4. The van der Waals surface area contributed by atoms with Gasteiger partial charge in [0.25, 0.3) is 5.91 Å². The molecule has 21 heavy (non-hydrogen) atoms. The lowest BCUT2D eigenvalue weighted by molar-refractivity contribution is 0.0988. The first-order chi connectivity index (χ1) is 10.2. The van der Waals surface area contributed by atoms with Crippen LogP contribution >= 0.6 is 15.9 Å². The third kappa shape index (κ3) is 2.00. The molecule has 0 fully saturated rings. The Balaban J connectivity index is 1.73. The SMILES string of the molecule is O=C(c1cc2c(cc1Br)OCO2)N1CCc2ccccc21. The average Bonchev–Trinajstić information content (AvgIpc) is 3.11. The van der Waals surface area contributed by atoms with Crippen molar-refractivity contribution < 1.29 is 14.3 Å². The minimum Gasteiger partial charge on any atom is -0.454 e. The molecule has 106 valence electrons. The Morgan fingerprint density at radius 3 is 2.76 bits per heavy atom. The molecular formula is C16H12BrNO3. The van der Waals surface area contributed by atoms with E-state index in [0.29, 0.717) is 23.6 Å². The number of hydrogen-bond donors (Lipinski definition) is 0. The van der Waals surface area contributed by atoms with Crippen molar-refractivity contribution in [3.63, 3.8) is 0 Å². The third-order valence-electron chi connectivity index (χ3n) is 3.82. The lowest BCUT2D eigenvalue weighted by Gasteiger charge is -2.18. The number of hydrogen-bond acceptors (Lipinski definition) is 3. The topological polar surface area (TPSA) is 38.8 Å². The van der Waals surface area contributed by atoms with Gasteiger partial charge in [0, 0.05) is 16.7 Å². The second kappa shape index (κ2) is 4.77. The average molecular weight is 346 g/mol. The zero-order valence-corrected chi connectivity index (χ0v) is 12.7. The summed E-state index contributed by atoms with van der Waals surface area (Å²) in [6, 6.07) is 11.5. The van der Waals surface area contributed by atoms with Crippen LogP contribution in [0.5, 0.6) is 11.5 Å². The Bertz CT molecular complexity index is 744. The van der Waals surface area contributed by atoms with E-state index in [2.05, 4.69) is 22.0 Å². The molecular weight excluding hydrogens is 334 g/mol. The van der Waals surface area contributed by atoms with Crippen LogP contribution in [-0.4, -0.2) is 19.2 Å². The lowest BCUT2D eigenvalue weighted by atomic mass is 10.1. The summed E-state index contributed by atoms with van der Waals surface area (Å²) in [4.78, 5) is 14.6. The van der Waals surface area contributed by atoms with Crippen LogP contribution in [0, 0.1) is 0 Å². The Morgan fingerprint density at radius 1 is 1.14 bits per heavy atom. The molecule has 0 atom stereocenters. The van der Waals surface area contributed by atoms with Gasteiger partial charge in [0.15, 0.2) is 11.5 Å². The van der Waals surface area contributed by atoms with Crippen molar-refractivity contribution in [2.75, 3.05) is 18.2 Å². The summed E-state index contributed by atoms with van der Waals surface area (Å²) in [7, 11) is 0. The van der Waals surface area contributed by atoms with Crippen molar-refractivity contribution in [2.24, 2.45) is 0 Å². The maximum absolute atomic E-state index is 12.8. The molecule has 0 unspecified atom stereocenters. The molecule has 0 aliphatic carbocycles. The number of ether oxygens (including phenoxy) is 2. The summed E-state index contributed by atoms with van der Waals surface area (Å²) in [5, 5.41) is 0. The number of carbonyl (C=O) groups excluding carboxylic acids is 1. The highest BCUT2D eigenvalue weighted by molar-refractivity contribution is 9.10. The minimum absolute atomic E-state index is 0.0230. The van der Waals surface area contributed by atoms with Gasteiger partial charge in [-0.3, -0.25) is 4.79 Å². The number of rotatable bonds is 1. The molecule has 5 heteroatoms. The van der Waals surface area contributed by atoms with Crippen LogP contribution in [0.4, 0.5) is 5.69 Å². The maximum Gasteiger partial charge on any atom is 0.259 e. The predicted octanol–water partition coefficient (Wildman–Crippen LogP) is 3.38. The second-order valence-electron chi connectivity index (χ2n) is 5.02. The highest BCUT2D eigenvalue weighted by atomic mass is 79.9. The molecule has 0 saturated heterocycles. The van der Waals surface area contributed by atoms with Crippen LogP contribution in [0.1, 0.15) is 15.9 Å². The van der Waals surface area contributed by atoms with Crippen molar-refractivity contribution in [3.05, 3.63) is 52.0 Å². The van der Waals surface area contributed by atoms with Crippen LogP contribution in [0.25, 0.3) is 0 Å². The lowest BCUT2D eigenvalue weighted by Crippen LogP contribution is -2.29. The van der Waals surface area contributed by atoms with Gasteiger partial charge in [-0.2, -0.15) is 0 Å². The maximum atomic E-state index is 12.8. The van der Waals surface area contributed by atoms with Crippen LogP contribution < -0.4 is 14.4 Å². The van der Waals surface area contributed by atoms with Gasteiger partial charge in [-0.05, 0) is 46.1 Å². The fourth-order valence-corrected chi connectivity index (χ4v) is 3.27. The summed E-state index contributed by atoms with van der Waals surface area (Å²) in [6.07, 6.45) is 0.893. The van der Waals surface area contributed by atoms with Gasteiger partial charge in [-0.1, -0.05) is 18.2 Å². The van der Waals surface area contributed by atoms with E-state index >= 15 is 0 Å². The molecule has 2 aliphatic heterocycles. The van der Waals surface area contributed by atoms with Crippen LogP contribution in [0.3, 0.4) is 0 Å². The van der Waals surface area contributed by atoms with Crippen LogP contribution in [0.15, 0.2) is 40.9 Å². The molecule has 2 aromatic carbocycles. The molecule has 4 rings (SSSR count). The number of nitrogens with zero attached hydrogens (tertiary/aromatic N) is 1. The van der Waals surface area contributed by atoms with Crippen molar-refractivity contribution >= 4 is 27.5 Å². The van der Waals surface area contributed by atoms with E-state index in [-0.39, 0.29) is 12.7 Å². The van der Waals surface area contributed by atoms with Gasteiger partial charge in [0.1, 0.15) is 0 Å². The fraction of sp³-hybridized carbons (Fsp3) is 0.188. The van der Waals surface area contributed by atoms with E-state index < -0.39 is 0 Å². The molecule has 2 aromatic rings. The summed E-state index contributed by atoms with van der Waals surface area (Å²) in [6.45, 7) is 0.908. The van der Waals surface area contributed by atoms with Gasteiger partial charge in [0.2, 0.25) is 6.79 Å². The van der Waals surface area contributed by atoms with Gasteiger partial charge in [-0.15, -0.1) is 0 Å². The second-order valence-corrected chi connectivity index (χ2v) is 5.88. The zero-order valence-electron chi connectivity index (χ0n) is 11.1. The fourth-order valence-electron chi connectivity index (χ4n) is 2.78. The summed E-state index contributed by atoms with van der Waals surface area (Å²) < 4.78 is 11.4. The van der Waals surface area contributed by atoms with E-state index in [0.717, 1.165) is 16.6 Å². The number of benzene rings is 2. The van der Waals surface area contributed by atoms with Crippen LogP contribution in [-0.2, 0) is 6.42 Å².